The summed E-state index contributed by atoms with van der Waals surface area (Å²) in [7, 11) is 1.52. The highest BCUT2D eigenvalue weighted by Crippen LogP contribution is 2.09. The van der Waals surface area contributed by atoms with Gasteiger partial charge in [0.05, 0.1) is 19.5 Å². The highest BCUT2D eigenvalue weighted by atomic mass is 16.5. The Balaban J connectivity index is 2.18. The molecule has 152 valence electrons. The van der Waals surface area contributed by atoms with E-state index in [1.165, 1.54) is 18.0 Å². The van der Waals surface area contributed by atoms with Crippen LogP contribution in [0.4, 0.5) is 4.79 Å². The topological polar surface area (TPSA) is 143 Å². The van der Waals surface area contributed by atoms with Gasteiger partial charge in [0.25, 0.3) is 5.56 Å². The van der Waals surface area contributed by atoms with Crippen LogP contribution in [-0.4, -0.2) is 44.3 Å². The van der Waals surface area contributed by atoms with E-state index in [-0.39, 0.29) is 17.7 Å². The number of nitrogens with one attached hydrogen (secondary N) is 1. The number of nitrogens with two attached hydrogens (primary N) is 1. The molecular weight excluding hydrogens is 380 g/mol. The van der Waals surface area contributed by atoms with Gasteiger partial charge in [-0.05, 0) is 5.56 Å². The summed E-state index contributed by atoms with van der Waals surface area (Å²) >= 11 is 0. The molecule has 29 heavy (non-hydrogen) atoms. The van der Waals surface area contributed by atoms with E-state index in [1.807, 2.05) is 35.6 Å². The predicted octanol–water partition coefficient (Wildman–Crippen LogP) is -0.751. The molecule has 2 aromatic heterocycles. The smallest absolute Gasteiger partial charge is 0.333 e. The number of imidazole rings is 1. The van der Waals surface area contributed by atoms with Crippen LogP contribution in [0.3, 0.4) is 0 Å². The predicted molar refractivity (Wildman–Crippen MR) is 103 cm³/mol. The zero-order valence-corrected chi connectivity index (χ0v) is 15.7. The largest absolute Gasteiger partial charge is 0.383 e. The Morgan fingerprint density at radius 3 is 2.55 bits per heavy atom. The number of rotatable bonds is 7. The first-order valence-corrected chi connectivity index (χ1v) is 8.73. The molecule has 0 spiro atoms. The van der Waals surface area contributed by atoms with Crippen molar-refractivity contribution in [1.29, 1.82) is 0 Å². The Hall–Kier alpha value is -3.73. The molecule has 2 heterocycles. The molecule has 0 atom stereocenters. The second-order valence-electron chi connectivity index (χ2n) is 6.26. The molecule has 1 aromatic carbocycles. The molecule has 11 heteroatoms. The third kappa shape index (κ3) is 4.24. The van der Waals surface area contributed by atoms with Crippen LogP contribution in [0, 0.1) is 0 Å². The molecule has 0 saturated carbocycles. The first kappa shape index (κ1) is 20.0. The van der Waals surface area contributed by atoms with Crippen molar-refractivity contribution in [2.24, 2.45) is 5.73 Å². The van der Waals surface area contributed by atoms with E-state index >= 15 is 0 Å². The number of amides is 3. The number of carbonyl (C=O) groups excluding carboxylic acids is 2. The van der Waals surface area contributed by atoms with Crippen LogP contribution in [-0.2, 0) is 29.2 Å². The minimum absolute atomic E-state index is 0.148. The molecule has 0 saturated heterocycles. The minimum atomic E-state index is -1.07. The van der Waals surface area contributed by atoms with Crippen molar-refractivity contribution in [2.75, 3.05) is 13.7 Å². The standard InChI is InChI=1S/C18H20N6O5/c1-29-8-7-22-11-20-15-14(22)16(26)24(10-13(25)21-17(19)27)18(28)23(15)9-12-5-3-2-4-6-12/h2-6,11H,7-10H2,1H3,(H3,19,21,25,27). The zero-order chi connectivity index (χ0) is 21.0. The Morgan fingerprint density at radius 2 is 1.90 bits per heavy atom. The van der Waals surface area contributed by atoms with Crippen molar-refractivity contribution in [2.45, 2.75) is 19.6 Å². The Morgan fingerprint density at radius 1 is 1.17 bits per heavy atom. The fourth-order valence-corrected chi connectivity index (χ4v) is 2.97. The third-order valence-electron chi connectivity index (χ3n) is 4.27. The second kappa shape index (κ2) is 8.52. The van der Waals surface area contributed by atoms with E-state index in [9.17, 15) is 19.2 Å². The maximum atomic E-state index is 13.0. The fourth-order valence-electron chi connectivity index (χ4n) is 2.97. The van der Waals surface area contributed by atoms with Gasteiger partial charge in [-0.2, -0.15) is 0 Å². The van der Waals surface area contributed by atoms with Gasteiger partial charge in [-0.1, -0.05) is 30.3 Å². The number of imide groups is 1. The van der Waals surface area contributed by atoms with Crippen LogP contribution >= 0.6 is 0 Å². The number of methoxy groups -OCH3 is 1. The van der Waals surface area contributed by atoms with E-state index in [0.717, 1.165) is 10.1 Å². The van der Waals surface area contributed by atoms with Crippen molar-refractivity contribution >= 4 is 23.1 Å². The number of benzene rings is 1. The number of primary amides is 1. The van der Waals surface area contributed by atoms with Crippen LogP contribution in [0.5, 0.6) is 0 Å². The number of urea groups is 1. The Bertz CT molecular complexity index is 1160. The third-order valence-corrected chi connectivity index (χ3v) is 4.27. The molecule has 11 nitrogen and oxygen atoms in total. The summed E-state index contributed by atoms with van der Waals surface area (Å²) < 4.78 is 8.68. The van der Waals surface area contributed by atoms with Gasteiger partial charge in [-0.15, -0.1) is 0 Å². The Labute approximate surface area is 164 Å². The molecule has 3 amide bonds. The van der Waals surface area contributed by atoms with E-state index in [2.05, 4.69) is 4.98 Å². The number of nitrogens with zero attached hydrogens (tertiary/aromatic N) is 4. The first-order chi connectivity index (χ1) is 13.9. The number of carbonyl (C=O) groups is 2. The zero-order valence-electron chi connectivity index (χ0n) is 15.7. The number of hydrogen-bond acceptors (Lipinski definition) is 6. The van der Waals surface area contributed by atoms with Crippen LogP contribution in [0.1, 0.15) is 5.56 Å². The summed E-state index contributed by atoms with van der Waals surface area (Å²) in [5, 5.41) is 1.86. The molecule has 0 bridgehead atoms. The normalized spacial score (nSPS) is 10.9. The van der Waals surface area contributed by atoms with Crippen LogP contribution in [0.15, 0.2) is 46.2 Å². The number of fused-ring (bicyclic) bond motifs is 1. The number of hydrogen-bond donors (Lipinski definition) is 2. The van der Waals surface area contributed by atoms with E-state index in [1.54, 1.807) is 4.57 Å². The lowest BCUT2D eigenvalue weighted by atomic mass is 10.2. The fraction of sp³-hybridized carbons (Fsp3) is 0.278. The van der Waals surface area contributed by atoms with E-state index in [4.69, 9.17) is 10.5 Å². The lowest BCUT2D eigenvalue weighted by molar-refractivity contribution is -0.120. The summed E-state index contributed by atoms with van der Waals surface area (Å²) in [6.45, 7) is 0.153. The van der Waals surface area contributed by atoms with Crippen molar-refractivity contribution in [3.63, 3.8) is 0 Å². The quantitative estimate of drug-likeness (QED) is 0.534. The lowest BCUT2D eigenvalue weighted by Crippen LogP contribution is -2.46. The molecule has 0 aliphatic carbocycles. The summed E-state index contributed by atoms with van der Waals surface area (Å²) in [6, 6.07) is 8.08. The van der Waals surface area contributed by atoms with Crippen molar-refractivity contribution < 1.29 is 14.3 Å². The maximum Gasteiger partial charge on any atom is 0.333 e. The molecule has 0 fully saturated rings. The Kier molecular flexibility index (Phi) is 5.88. The van der Waals surface area contributed by atoms with Crippen LogP contribution < -0.4 is 22.3 Å². The van der Waals surface area contributed by atoms with E-state index < -0.39 is 29.7 Å². The maximum absolute atomic E-state index is 13.0. The average Bonchev–Trinajstić information content (AvgIpc) is 3.11. The molecule has 3 rings (SSSR count). The monoisotopic (exact) mass is 400 g/mol. The average molecular weight is 400 g/mol. The van der Waals surface area contributed by atoms with Gasteiger partial charge in [0, 0.05) is 13.7 Å². The van der Waals surface area contributed by atoms with Gasteiger partial charge in [-0.25, -0.2) is 19.1 Å². The van der Waals surface area contributed by atoms with E-state index in [0.29, 0.717) is 13.2 Å². The van der Waals surface area contributed by atoms with Gasteiger partial charge in [0.15, 0.2) is 11.2 Å². The highest BCUT2D eigenvalue weighted by molar-refractivity contribution is 5.93. The SMILES string of the molecule is COCCn1cnc2c1c(=O)n(CC(=O)NC(N)=O)c(=O)n2Cc1ccccc1. The summed E-state index contributed by atoms with van der Waals surface area (Å²) in [4.78, 5) is 53.1. The number of ether oxygens (including phenoxy) is 1. The molecule has 0 aliphatic rings. The van der Waals surface area contributed by atoms with Crippen molar-refractivity contribution in [3.05, 3.63) is 63.1 Å². The minimum Gasteiger partial charge on any atom is -0.383 e. The molecular formula is C18H20N6O5. The summed E-state index contributed by atoms with van der Waals surface area (Å²) in [5.74, 6) is -0.870. The van der Waals surface area contributed by atoms with Gasteiger partial charge in [0.1, 0.15) is 6.54 Å². The molecule has 0 unspecified atom stereocenters. The lowest BCUT2D eigenvalue weighted by Gasteiger charge is -2.12. The molecule has 3 aromatic rings. The van der Waals surface area contributed by atoms with Gasteiger partial charge < -0.3 is 15.0 Å². The number of aromatic nitrogens is 4. The second-order valence-corrected chi connectivity index (χ2v) is 6.26. The highest BCUT2D eigenvalue weighted by Gasteiger charge is 2.20. The molecule has 0 aliphatic heterocycles. The van der Waals surface area contributed by atoms with Crippen molar-refractivity contribution in [1.82, 2.24) is 24.0 Å². The molecule has 0 radical (unpaired) electrons. The summed E-state index contributed by atoms with van der Waals surface area (Å²) in [5.41, 5.74) is 4.70. The van der Waals surface area contributed by atoms with Crippen molar-refractivity contribution in [3.8, 4) is 0 Å². The van der Waals surface area contributed by atoms with Crippen LogP contribution in [0.25, 0.3) is 11.2 Å². The van der Waals surface area contributed by atoms with Gasteiger partial charge in [0.2, 0.25) is 5.91 Å². The summed E-state index contributed by atoms with van der Waals surface area (Å²) in [6.07, 6.45) is 1.44. The molecule has 3 N–H and O–H groups in total. The first-order valence-electron chi connectivity index (χ1n) is 8.73. The van der Waals surface area contributed by atoms with Crippen LogP contribution in [0.2, 0.25) is 0 Å². The van der Waals surface area contributed by atoms with Gasteiger partial charge >= 0.3 is 11.7 Å². The van der Waals surface area contributed by atoms with Gasteiger partial charge in [-0.3, -0.25) is 19.5 Å².